The van der Waals surface area contributed by atoms with Crippen molar-refractivity contribution in [1.82, 2.24) is 5.32 Å². The van der Waals surface area contributed by atoms with Crippen LogP contribution in [0.2, 0.25) is 0 Å². The van der Waals surface area contributed by atoms with Crippen LogP contribution in [-0.2, 0) is 13.0 Å². The van der Waals surface area contributed by atoms with Crippen LogP contribution in [0.3, 0.4) is 0 Å². The molecule has 3 nitrogen and oxygen atoms in total. The third-order valence-corrected chi connectivity index (χ3v) is 3.66. The number of carbonyl (C=O) groups is 1. The second-order valence-corrected chi connectivity index (χ2v) is 5.23. The van der Waals surface area contributed by atoms with Crippen LogP contribution in [0.5, 0.6) is 0 Å². The van der Waals surface area contributed by atoms with E-state index in [9.17, 15) is 4.79 Å². The zero-order valence-electron chi connectivity index (χ0n) is 11.6. The number of anilines is 1. The van der Waals surface area contributed by atoms with Crippen LogP contribution in [0, 0.1) is 6.92 Å². The van der Waals surface area contributed by atoms with E-state index in [0.29, 0.717) is 5.56 Å². The van der Waals surface area contributed by atoms with Gasteiger partial charge in [0.15, 0.2) is 0 Å². The van der Waals surface area contributed by atoms with Gasteiger partial charge < -0.3 is 10.6 Å². The van der Waals surface area contributed by atoms with Crippen molar-refractivity contribution in [3.63, 3.8) is 0 Å². The molecule has 0 spiro atoms. The second-order valence-electron chi connectivity index (χ2n) is 5.23. The van der Waals surface area contributed by atoms with E-state index in [1.807, 2.05) is 37.3 Å². The highest BCUT2D eigenvalue weighted by molar-refractivity contribution is 6.04. The molecule has 0 bridgehead atoms. The van der Waals surface area contributed by atoms with Gasteiger partial charge in [-0.25, -0.2) is 0 Å². The predicted molar refractivity (Wildman–Crippen MR) is 81.0 cm³/mol. The zero-order chi connectivity index (χ0) is 13.9. The largest absolute Gasteiger partial charge is 0.322 e. The van der Waals surface area contributed by atoms with Crippen molar-refractivity contribution in [2.24, 2.45) is 0 Å². The summed E-state index contributed by atoms with van der Waals surface area (Å²) in [5.41, 5.74) is 5.35. The molecule has 1 aliphatic rings. The van der Waals surface area contributed by atoms with Crippen LogP contribution >= 0.6 is 0 Å². The maximum atomic E-state index is 12.2. The van der Waals surface area contributed by atoms with Gasteiger partial charge in [0.1, 0.15) is 0 Å². The minimum atomic E-state index is -0.0614. The summed E-state index contributed by atoms with van der Waals surface area (Å²) >= 11 is 0. The highest BCUT2D eigenvalue weighted by Crippen LogP contribution is 2.19. The molecular weight excluding hydrogens is 248 g/mol. The summed E-state index contributed by atoms with van der Waals surface area (Å²) in [6.07, 6.45) is 1.06. The molecule has 102 valence electrons. The normalized spacial score (nSPS) is 13.7. The molecule has 0 aliphatic carbocycles. The van der Waals surface area contributed by atoms with Gasteiger partial charge in [-0.2, -0.15) is 0 Å². The topological polar surface area (TPSA) is 41.1 Å². The Kier molecular flexibility index (Phi) is 3.52. The Morgan fingerprint density at radius 3 is 2.70 bits per heavy atom. The lowest BCUT2D eigenvalue weighted by Gasteiger charge is -2.18. The first kappa shape index (κ1) is 12.9. The first-order valence-corrected chi connectivity index (χ1v) is 6.93. The van der Waals surface area contributed by atoms with Crippen molar-refractivity contribution >= 4 is 11.6 Å². The first-order chi connectivity index (χ1) is 9.72. The average molecular weight is 266 g/mol. The lowest BCUT2D eigenvalue weighted by molar-refractivity contribution is 0.102. The number of hydrogen-bond acceptors (Lipinski definition) is 2. The molecule has 0 saturated carbocycles. The summed E-state index contributed by atoms with van der Waals surface area (Å²) in [5, 5.41) is 6.31. The Morgan fingerprint density at radius 2 is 1.90 bits per heavy atom. The van der Waals surface area contributed by atoms with E-state index < -0.39 is 0 Å². The van der Waals surface area contributed by atoms with Gasteiger partial charge in [0.2, 0.25) is 0 Å². The average Bonchev–Trinajstić information content (AvgIpc) is 2.48. The molecule has 3 heteroatoms. The number of nitrogens with one attached hydrogen (secondary N) is 2. The minimum absolute atomic E-state index is 0.0614. The van der Waals surface area contributed by atoms with Crippen LogP contribution in [0.1, 0.15) is 27.0 Å². The van der Waals surface area contributed by atoms with Gasteiger partial charge in [-0.15, -0.1) is 0 Å². The highest BCUT2D eigenvalue weighted by Gasteiger charge is 2.11. The number of hydrogen-bond donors (Lipinski definition) is 2. The van der Waals surface area contributed by atoms with Gasteiger partial charge >= 0.3 is 0 Å². The van der Waals surface area contributed by atoms with E-state index in [1.165, 1.54) is 11.1 Å². The molecule has 0 aromatic heterocycles. The van der Waals surface area contributed by atoms with E-state index in [0.717, 1.165) is 30.8 Å². The molecule has 0 radical (unpaired) electrons. The lowest BCUT2D eigenvalue weighted by Crippen LogP contribution is -2.23. The first-order valence-electron chi connectivity index (χ1n) is 6.93. The number of amides is 1. The monoisotopic (exact) mass is 266 g/mol. The minimum Gasteiger partial charge on any atom is -0.322 e. The third kappa shape index (κ3) is 2.73. The van der Waals surface area contributed by atoms with Gasteiger partial charge in [0, 0.05) is 17.8 Å². The van der Waals surface area contributed by atoms with Crippen molar-refractivity contribution < 1.29 is 4.79 Å². The fourth-order valence-corrected chi connectivity index (χ4v) is 2.47. The highest BCUT2D eigenvalue weighted by atomic mass is 16.1. The van der Waals surface area contributed by atoms with Crippen molar-refractivity contribution in [2.75, 3.05) is 11.9 Å². The van der Waals surface area contributed by atoms with Crippen molar-refractivity contribution in [3.05, 3.63) is 64.7 Å². The van der Waals surface area contributed by atoms with Gasteiger partial charge in [0.05, 0.1) is 0 Å². The molecule has 1 amide bonds. The maximum Gasteiger partial charge on any atom is 0.255 e. The summed E-state index contributed by atoms with van der Waals surface area (Å²) in [4.78, 5) is 12.2. The van der Waals surface area contributed by atoms with Crippen LogP contribution in [0.25, 0.3) is 0 Å². The van der Waals surface area contributed by atoms with E-state index in [1.54, 1.807) is 0 Å². The molecule has 2 N–H and O–H groups in total. The Hall–Kier alpha value is -2.13. The fraction of sp³-hybridized carbons (Fsp3) is 0.235. The summed E-state index contributed by atoms with van der Waals surface area (Å²) in [7, 11) is 0. The van der Waals surface area contributed by atoms with E-state index in [-0.39, 0.29) is 5.91 Å². The molecule has 2 aromatic carbocycles. The standard InChI is InChI=1S/C17H18N2O/c1-12-2-4-14(5-3-12)17(20)19-16-7-6-13-8-9-18-11-15(13)10-16/h2-7,10,18H,8-9,11H2,1H3,(H,19,20). The SMILES string of the molecule is Cc1ccc(C(=O)Nc2ccc3c(c2)CNCC3)cc1. The van der Waals surface area contributed by atoms with Gasteiger partial charge in [-0.05, 0) is 55.3 Å². The maximum absolute atomic E-state index is 12.2. The number of fused-ring (bicyclic) bond motifs is 1. The van der Waals surface area contributed by atoms with E-state index in [4.69, 9.17) is 0 Å². The third-order valence-electron chi connectivity index (χ3n) is 3.66. The zero-order valence-corrected chi connectivity index (χ0v) is 11.6. The van der Waals surface area contributed by atoms with E-state index >= 15 is 0 Å². The number of benzene rings is 2. The molecule has 1 aliphatic heterocycles. The summed E-state index contributed by atoms with van der Waals surface area (Å²) in [6, 6.07) is 13.8. The summed E-state index contributed by atoms with van der Waals surface area (Å²) in [6.45, 7) is 3.92. The molecule has 0 atom stereocenters. The second kappa shape index (κ2) is 5.47. The molecule has 2 aromatic rings. The number of carbonyl (C=O) groups excluding carboxylic acids is 1. The van der Waals surface area contributed by atoms with Crippen LogP contribution in [0.4, 0.5) is 5.69 Å². The smallest absolute Gasteiger partial charge is 0.255 e. The molecular formula is C17H18N2O. The lowest BCUT2D eigenvalue weighted by atomic mass is 10.0. The Morgan fingerprint density at radius 1 is 1.10 bits per heavy atom. The molecule has 0 saturated heterocycles. The fourth-order valence-electron chi connectivity index (χ4n) is 2.47. The number of rotatable bonds is 2. The summed E-state index contributed by atoms with van der Waals surface area (Å²) in [5.74, 6) is -0.0614. The number of aryl methyl sites for hydroxylation is 1. The summed E-state index contributed by atoms with van der Waals surface area (Å²) < 4.78 is 0. The molecule has 3 rings (SSSR count). The molecule has 1 heterocycles. The van der Waals surface area contributed by atoms with Gasteiger partial charge in [0.25, 0.3) is 5.91 Å². The van der Waals surface area contributed by atoms with Gasteiger partial charge in [-0.1, -0.05) is 23.8 Å². The van der Waals surface area contributed by atoms with Crippen LogP contribution < -0.4 is 10.6 Å². The Labute approximate surface area is 119 Å². The van der Waals surface area contributed by atoms with Crippen molar-refractivity contribution in [1.29, 1.82) is 0 Å². The van der Waals surface area contributed by atoms with Crippen LogP contribution in [0.15, 0.2) is 42.5 Å². The molecule has 20 heavy (non-hydrogen) atoms. The van der Waals surface area contributed by atoms with Crippen molar-refractivity contribution in [2.45, 2.75) is 19.9 Å². The Bertz CT molecular complexity index is 632. The van der Waals surface area contributed by atoms with Gasteiger partial charge in [-0.3, -0.25) is 4.79 Å². The predicted octanol–water partition coefficient (Wildman–Crippen LogP) is 2.89. The van der Waals surface area contributed by atoms with E-state index in [2.05, 4.69) is 22.8 Å². The quantitative estimate of drug-likeness (QED) is 0.877. The van der Waals surface area contributed by atoms with Crippen molar-refractivity contribution in [3.8, 4) is 0 Å². The molecule has 0 fully saturated rings. The Balaban J connectivity index is 1.77. The van der Waals surface area contributed by atoms with Crippen LogP contribution in [-0.4, -0.2) is 12.5 Å². The molecule has 0 unspecified atom stereocenters.